The third kappa shape index (κ3) is 2.97. The molecule has 2 N–H and O–H groups in total. The summed E-state index contributed by atoms with van der Waals surface area (Å²) >= 11 is 0. The van der Waals surface area contributed by atoms with Crippen molar-refractivity contribution in [2.45, 2.75) is 18.6 Å². The number of nitrogens with one attached hydrogen (secondary N) is 1. The number of carbonyl (C=O) groups excluding carboxylic acids is 1. The van der Waals surface area contributed by atoms with Gasteiger partial charge in [-0.1, -0.05) is 6.07 Å². The number of aliphatic hydroxyl groups is 1. The first-order valence-electron chi connectivity index (χ1n) is 5.97. The molecule has 19 heavy (non-hydrogen) atoms. The fourth-order valence-electron chi connectivity index (χ4n) is 1.96. The Labute approximate surface area is 111 Å². The van der Waals surface area contributed by atoms with E-state index in [1.54, 1.807) is 25.2 Å². The Morgan fingerprint density at radius 3 is 2.89 bits per heavy atom. The van der Waals surface area contributed by atoms with Gasteiger partial charge in [-0.15, -0.1) is 0 Å². The van der Waals surface area contributed by atoms with Gasteiger partial charge in [-0.25, -0.2) is 0 Å². The molecule has 1 heterocycles. The molecule has 104 valence electrons. The summed E-state index contributed by atoms with van der Waals surface area (Å²) < 4.78 is 15.1. The molecule has 0 bridgehead atoms. The van der Waals surface area contributed by atoms with E-state index in [0.29, 0.717) is 17.1 Å². The van der Waals surface area contributed by atoms with Crippen LogP contribution in [0, 0.1) is 0 Å². The van der Waals surface area contributed by atoms with Crippen LogP contribution in [0.15, 0.2) is 18.2 Å². The Hall–Kier alpha value is -1.79. The van der Waals surface area contributed by atoms with Gasteiger partial charge in [0.25, 0.3) is 0 Å². The van der Waals surface area contributed by atoms with E-state index in [4.69, 9.17) is 9.47 Å². The molecule has 1 aromatic rings. The van der Waals surface area contributed by atoms with Gasteiger partial charge in [0.1, 0.15) is 0 Å². The zero-order valence-corrected chi connectivity index (χ0v) is 10.9. The number of aliphatic hydroxyl groups excluding tert-OH is 1. The second kappa shape index (κ2) is 5.90. The third-order valence-electron chi connectivity index (χ3n) is 3.10. The maximum atomic E-state index is 11.3. The summed E-state index contributed by atoms with van der Waals surface area (Å²) in [6, 6.07) is 4.79. The Balaban J connectivity index is 2.13. The number of benzene rings is 1. The van der Waals surface area contributed by atoms with Crippen molar-refractivity contribution in [3.05, 3.63) is 23.8 Å². The molecule has 0 aliphatic carbocycles. The molecular formula is C13H17NO5. The first kappa shape index (κ1) is 13.6. The number of ether oxygens (including phenoxy) is 3. The Bertz CT molecular complexity index is 462. The molecule has 0 spiro atoms. The molecule has 2 atom stereocenters. The monoisotopic (exact) mass is 267 g/mol. The SMILES string of the molecule is CNC(CC(=O)OC)C(O)c1ccc2c(c1)OCO2. The van der Waals surface area contributed by atoms with Gasteiger partial charge in [0.15, 0.2) is 11.5 Å². The second-order valence-electron chi connectivity index (χ2n) is 4.23. The van der Waals surface area contributed by atoms with Crippen molar-refractivity contribution in [1.29, 1.82) is 0 Å². The van der Waals surface area contributed by atoms with Crippen LogP contribution in [0.1, 0.15) is 18.1 Å². The zero-order chi connectivity index (χ0) is 13.8. The molecule has 6 nitrogen and oxygen atoms in total. The van der Waals surface area contributed by atoms with Crippen molar-refractivity contribution in [2.75, 3.05) is 21.0 Å². The number of likely N-dealkylation sites (N-methyl/N-ethyl adjacent to an activating group) is 1. The van der Waals surface area contributed by atoms with Crippen LogP contribution in [0.4, 0.5) is 0 Å². The summed E-state index contributed by atoms with van der Waals surface area (Å²) in [5.41, 5.74) is 0.660. The molecule has 0 aromatic heterocycles. The van der Waals surface area contributed by atoms with E-state index in [2.05, 4.69) is 10.1 Å². The molecule has 1 aliphatic heterocycles. The van der Waals surface area contributed by atoms with E-state index in [-0.39, 0.29) is 19.2 Å². The van der Waals surface area contributed by atoms with Gasteiger partial charge < -0.3 is 24.6 Å². The van der Waals surface area contributed by atoms with Crippen molar-refractivity contribution in [3.63, 3.8) is 0 Å². The fraction of sp³-hybridized carbons (Fsp3) is 0.462. The summed E-state index contributed by atoms with van der Waals surface area (Å²) in [4.78, 5) is 11.3. The highest BCUT2D eigenvalue weighted by Crippen LogP contribution is 2.35. The lowest BCUT2D eigenvalue weighted by molar-refractivity contribution is -0.141. The van der Waals surface area contributed by atoms with E-state index in [0.717, 1.165) is 0 Å². The summed E-state index contributed by atoms with van der Waals surface area (Å²) in [6.07, 6.45) is -0.749. The first-order valence-corrected chi connectivity index (χ1v) is 5.97. The zero-order valence-electron chi connectivity index (χ0n) is 10.9. The van der Waals surface area contributed by atoms with Crippen molar-refractivity contribution in [1.82, 2.24) is 5.32 Å². The quantitative estimate of drug-likeness (QED) is 0.761. The Kier molecular flexibility index (Phi) is 4.24. The standard InChI is InChI=1S/C13H17NO5/c1-14-9(6-12(15)17-2)13(16)8-3-4-10-11(5-8)19-7-18-10/h3-5,9,13-14,16H,6-7H2,1-2H3. The Morgan fingerprint density at radius 1 is 1.47 bits per heavy atom. The lowest BCUT2D eigenvalue weighted by Gasteiger charge is -2.22. The summed E-state index contributed by atoms with van der Waals surface area (Å²) in [5.74, 6) is 0.883. The van der Waals surface area contributed by atoms with Crippen molar-refractivity contribution in [3.8, 4) is 11.5 Å². The van der Waals surface area contributed by atoms with Gasteiger partial charge in [-0.05, 0) is 24.7 Å². The summed E-state index contributed by atoms with van der Waals surface area (Å²) in [5, 5.41) is 13.2. The van der Waals surface area contributed by atoms with Crippen LogP contribution in [-0.2, 0) is 9.53 Å². The highest BCUT2D eigenvalue weighted by Gasteiger charge is 2.24. The van der Waals surface area contributed by atoms with Crippen LogP contribution in [0.2, 0.25) is 0 Å². The van der Waals surface area contributed by atoms with Gasteiger partial charge in [0, 0.05) is 6.04 Å². The van der Waals surface area contributed by atoms with Crippen LogP contribution in [0.25, 0.3) is 0 Å². The van der Waals surface area contributed by atoms with Crippen LogP contribution < -0.4 is 14.8 Å². The molecule has 0 amide bonds. The van der Waals surface area contributed by atoms with Crippen molar-refractivity contribution in [2.24, 2.45) is 0 Å². The molecule has 6 heteroatoms. The molecule has 2 unspecified atom stereocenters. The average molecular weight is 267 g/mol. The van der Waals surface area contributed by atoms with Crippen LogP contribution in [-0.4, -0.2) is 38.1 Å². The number of methoxy groups -OCH3 is 1. The molecule has 0 saturated heterocycles. The number of esters is 1. The lowest BCUT2D eigenvalue weighted by atomic mass is 9.99. The minimum Gasteiger partial charge on any atom is -0.469 e. The van der Waals surface area contributed by atoms with Gasteiger partial charge in [-0.2, -0.15) is 0 Å². The normalized spacial score (nSPS) is 15.9. The predicted molar refractivity (Wildman–Crippen MR) is 67.0 cm³/mol. The minimum atomic E-state index is -0.835. The van der Waals surface area contributed by atoms with Crippen LogP contribution >= 0.6 is 0 Å². The van der Waals surface area contributed by atoms with E-state index in [1.165, 1.54) is 7.11 Å². The van der Waals surface area contributed by atoms with E-state index in [1.807, 2.05) is 0 Å². The van der Waals surface area contributed by atoms with Crippen molar-refractivity contribution < 1.29 is 24.1 Å². The first-order chi connectivity index (χ1) is 9.15. The van der Waals surface area contributed by atoms with Gasteiger partial charge in [0.05, 0.1) is 19.6 Å². The van der Waals surface area contributed by atoms with Gasteiger partial charge >= 0.3 is 5.97 Å². The number of rotatable bonds is 5. The second-order valence-corrected chi connectivity index (χ2v) is 4.23. The maximum absolute atomic E-state index is 11.3. The highest BCUT2D eigenvalue weighted by atomic mass is 16.7. The molecular weight excluding hydrogens is 250 g/mol. The maximum Gasteiger partial charge on any atom is 0.307 e. The fourth-order valence-corrected chi connectivity index (χ4v) is 1.96. The van der Waals surface area contributed by atoms with Crippen LogP contribution in [0.5, 0.6) is 11.5 Å². The van der Waals surface area contributed by atoms with Gasteiger partial charge in [0.2, 0.25) is 6.79 Å². The highest BCUT2D eigenvalue weighted by molar-refractivity contribution is 5.70. The molecule has 2 rings (SSSR count). The van der Waals surface area contributed by atoms with Crippen molar-refractivity contribution >= 4 is 5.97 Å². The molecule has 0 radical (unpaired) electrons. The number of hydrogen-bond donors (Lipinski definition) is 2. The largest absolute Gasteiger partial charge is 0.469 e. The number of hydrogen-bond acceptors (Lipinski definition) is 6. The van der Waals surface area contributed by atoms with E-state index >= 15 is 0 Å². The van der Waals surface area contributed by atoms with Crippen LogP contribution in [0.3, 0.4) is 0 Å². The molecule has 1 aromatic carbocycles. The number of carbonyl (C=O) groups is 1. The molecule has 1 aliphatic rings. The summed E-state index contributed by atoms with van der Waals surface area (Å²) in [7, 11) is 3.01. The lowest BCUT2D eigenvalue weighted by Crippen LogP contribution is -2.34. The summed E-state index contributed by atoms with van der Waals surface area (Å²) in [6.45, 7) is 0.187. The average Bonchev–Trinajstić information content (AvgIpc) is 2.90. The third-order valence-corrected chi connectivity index (χ3v) is 3.10. The topological polar surface area (TPSA) is 77.0 Å². The number of fused-ring (bicyclic) bond motifs is 1. The molecule has 0 fully saturated rings. The van der Waals surface area contributed by atoms with Gasteiger partial charge in [-0.3, -0.25) is 4.79 Å². The van der Waals surface area contributed by atoms with E-state index in [9.17, 15) is 9.90 Å². The minimum absolute atomic E-state index is 0.0859. The smallest absolute Gasteiger partial charge is 0.307 e. The molecule has 0 saturated carbocycles. The van der Waals surface area contributed by atoms with E-state index < -0.39 is 12.1 Å². The predicted octanol–water partition coefficient (Wildman–Crippen LogP) is 0.600. The Morgan fingerprint density at radius 2 is 2.21 bits per heavy atom.